The van der Waals surface area contributed by atoms with Crippen molar-refractivity contribution < 1.29 is 19.8 Å². The second kappa shape index (κ2) is 7.16. The van der Waals surface area contributed by atoms with E-state index in [1.807, 2.05) is 36.4 Å². The molecule has 1 aliphatic rings. The third-order valence-corrected chi connectivity index (χ3v) is 6.84. The van der Waals surface area contributed by atoms with Crippen molar-refractivity contribution in [2.24, 2.45) is 0 Å². The number of nitrogens with one attached hydrogen (secondary N) is 2. The summed E-state index contributed by atoms with van der Waals surface area (Å²) >= 11 is 6.82. The van der Waals surface area contributed by atoms with Crippen molar-refractivity contribution in [3.63, 3.8) is 0 Å². The van der Waals surface area contributed by atoms with Crippen LogP contribution in [0.15, 0.2) is 57.7 Å². The molecule has 8 heteroatoms. The molecule has 2 aromatic carbocycles. The first-order chi connectivity index (χ1) is 14.4. The first-order valence-electron chi connectivity index (χ1n) is 9.33. The number of aliphatic hydroxyl groups is 2. The molecule has 4 aromatic rings. The maximum absolute atomic E-state index is 13.2. The van der Waals surface area contributed by atoms with Gasteiger partial charge in [0.1, 0.15) is 12.2 Å². The monoisotopic (exact) mass is 530 g/mol. The number of hydrogen-bond donors (Lipinski definition) is 4. The second-order valence-electron chi connectivity index (χ2n) is 7.52. The van der Waals surface area contributed by atoms with E-state index >= 15 is 0 Å². The van der Waals surface area contributed by atoms with Gasteiger partial charge in [0.2, 0.25) is 0 Å². The maximum Gasteiger partial charge on any atom is 0.172 e. The van der Waals surface area contributed by atoms with E-state index in [4.69, 9.17) is 0 Å². The van der Waals surface area contributed by atoms with E-state index in [0.717, 1.165) is 30.8 Å². The number of aliphatic hydroxyl groups excluding tert-OH is 2. The van der Waals surface area contributed by atoms with Crippen LogP contribution in [0.5, 0.6) is 0 Å². The van der Waals surface area contributed by atoms with Crippen molar-refractivity contribution in [2.75, 3.05) is 0 Å². The lowest BCUT2D eigenvalue weighted by Gasteiger charge is -2.34. The number of H-pyrrole nitrogens is 2. The van der Waals surface area contributed by atoms with E-state index in [2.05, 4.69) is 41.8 Å². The highest BCUT2D eigenvalue weighted by atomic mass is 79.9. The van der Waals surface area contributed by atoms with Crippen LogP contribution < -0.4 is 0 Å². The Morgan fingerprint density at radius 2 is 1.10 bits per heavy atom. The van der Waals surface area contributed by atoms with Gasteiger partial charge in [-0.15, -0.1) is 0 Å². The van der Waals surface area contributed by atoms with Gasteiger partial charge >= 0.3 is 0 Å². The summed E-state index contributed by atoms with van der Waals surface area (Å²) in [5.41, 5.74) is 2.55. The van der Waals surface area contributed by atoms with Crippen molar-refractivity contribution in [1.29, 1.82) is 0 Å². The van der Waals surface area contributed by atoms with E-state index in [1.165, 1.54) is 0 Å². The molecule has 0 bridgehead atoms. The number of carbonyl (C=O) groups is 2. The number of aromatic amines is 2. The van der Waals surface area contributed by atoms with Crippen LogP contribution in [0, 0.1) is 0 Å². The molecule has 1 fully saturated rings. The van der Waals surface area contributed by atoms with Crippen LogP contribution in [0.2, 0.25) is 0 Å². The molecular formula is C22H16Br2N2O4. The van der Waals surface area contributed by atoms with Gasteiger partial charge in [-0.3, -0.25) is 9.59 Å². The average molecular weight is 532 g/mol. The Hall–Kier alpha value is -2.26. The highest BCUT2D eigenvalue weighted by Crippen LogP contribution is 2.41. The molecule has 1 saturated carbocycles. The van der Waals surface area contributed by atoms with Crippen molar-refractivity contribution in [3.05, 3.63) is 68.9 Å². The minimum Gasteiger partial charge on any atom is -0.384 e. The number of halogens is 2. The smallest absolute Gasteiger partial charge is 0.172 e. The molecule has 30 heavy (non-hydrogen) atoms. The van der Waals surface area contributed by atoms with Gasteiger partial charge in [0.05, 0.1) is 11.8 Å². The van der Waals surface area contributed by atoms with Crippen LogP contribution in [-0.4, -0.2) is 44.0 Å². The van der Waals surface area contributed by atoms with Gasteiger partial charge in [0.25, 0.3) is 0 Å². The Morgan fingerprint density at radius 3 is 1.50 bits per heavy atom. The molecule has 5 rings (SSSR count). The zero-order valence-electron chi connectivity index (χ0n) is 15.4. The number of carbonyl (C=O) groups excluding carboxylic acids is 2. The highest BCUT2D eigenvalue weighted by molar-refractivity contribution is 9.10. The molecule has 2 heterocycles. The van der Waals surface area contributed by atoms with E-state index in [1.54, 1.807) is 12.4 Å². The lowest BCUT2D eigenvalue weighted by atomic mass is 9.70. The molecule has 0 spiro atoms. The topological polar surface area (TPSA) is 106 Å². The van der Waals surface area contributed by atoms with Crippen molar-refractivity contribution in [1.82, 2.24) is 9.97 Å². The molecular weight excluding hydrogens is 516 g/mol. The molecule has 0 amide bonds. The number of ketones is 2. The highest BCUT2D eigenvalue weighted by Gasteiger charge is 2.50. The largest absolute Gasteiger partial charge is 0.384 e. The van der Waals surface area contributed by atoms with Gasteiger partial charge in [-0.25, -0.2) is 0 Å². The summed E-state index contributed by atoms with van der Waals surface area (Å²) in [4.78, 5) is 32.5. The molecule has 6 nitrogen and oxygen atoms in total. The fourth-order valence-electron chi connectivity index (χ4n) is 4.40. The van der Waals surface area contributed by atoms with Gasteiger partial charge in [0.15, 0.2) is 11.6 Å². The number of benzene rings is 2. The van der Waals surface area contributed by atoms with Crippen LogP contribution in [0.3, 0.4) is 0 Å². The van der Waals surface area contributed by atoms with Gasteiger partial charge in [-0.05, 0) is 47.5 Å². The third-order valence-electron chi connectivity index (χ3n) is 5.85. The van der Waals surface area contributed by atoms with Crippen LogP contribution in [0.1, 0.15) is 23.0 Å². The summed E-state index contributed by atoms with van der Waals surface area (Å²) in [6.07, 6.45) is 0.125. The summed E-state index contributed by atoms with van der Waals surface area (Å²) in [5, 5.41) is 23.2. The van der Waals surface area contributed by atoms with Crippen molar-refractivity contribution in [2.45, 2.75) is 24.0 Å². The molecule has 0 saturated heterocycles. The number of fused-ring (bicyclic) bond motifs is 2. The summed E-state index contributed by atoms with van der Waals surface area (Å²) in [6.45, 7) is 0. The summed E-state index contributed by atoms with van der Waals surface area (Å²) < 4.78 is 1.62. The van der Waals surface area contributed by atoms with Crippen LogP contribution >= 0.6 is 31.9 Å². The average Bonchev–Trinajstić information content (AvgIpc) is 3.31. The standard InChI is InChI=1S/C22H16Br2N2O4/c23-9-1-3-15-11(5-9)13(7-25-15)17-19(27)21(29)18(22(30)20(17)28)14-8-26-16-4-2-10(24)6-12(14)16/h1-8,17-19,22,25-27,30H. The SMILES string of the molecule is O=C1C(O)C(c2c[nH]c3ccc(Br)cc23)C(=O)C(O)C1c1c[nH]c2ccc(Br)cc12. The molecule has 152 valence electrons. The molecule has 0 radical (unpaired) electrons. The number of Topliss-reactive ketones (excluding diaryl/α,β-unsaturated/α-hetero) is 2. The zero-order chi connectivity index (χ0) is 21.2. The Balaban J connectivity index is 1.60. The molecule has 4 N–H and O–H groups in total. The summed E-state index contributed by atoms with van der Waals surface area (Å²) in [7, 11) is 0. The minimum atomic E-state index is -1.55. The molecule has 0 aliphatic heterocycles. The van der Waals surface area contributed by atoms with Crippen LogP contribution in [0.25, 0.3) is 21.8 Å². The van der Waals surface area contributed by atoms with Gasteiger partial charge < -0.3 is 20.2 Å². The minimum absolute atomic E-state index is 0.497. The van der Waals surface area contributed by atoms with E-state index in [-0.39, 0.29) is 0 Å². The quantitative estimate of drug-likeness (QED) is 0.314. The molecule has 1 aliphatic carbocycles. The molecule has 4 atom stereocenters. The van der Waals surface area contributed by atoms with Crippen molar-refractivity contribution >= 4 is 65.2 Å². The molecule has 2 aromatic heterocycles. The maximum atomic E-state index is 13.2. The predicted molar refractivity (Wildman–Crippen MR) is 120 cm³/mol. The summed E-state index contributed by atoms with van der Waals surface area (Å²) in [5.74, 6) is -3.41. The first-order valence-corrected chi connectivity index (χ1v) is 10.9. The van der Waals surface area contributed by atoms with Crippen LogP contribution in [0.4, 0.5) is 0 Å². The Morgan fingerprint density at radius 1 is 0.700 bits per heavy atom. The number of hydrogen-bond acceptors (Lipinski definition) is 4. The van der Waals surface area contributed by atoms with Gasteiger partial charge in [-0.2, -0.15) is 0 Å². The zero-order valence-corrected chi connectivity index (χ0v) is 18.6. The normalized spacial score (nSPS) is 24.8. The lowest BCUT2D eigenvalue weighted by Crippen LogP contribution is -2.51. The second-order valence-corrected chi connectivity index (χ2v) is 9.35. The van der Waals surface area contributed by atoms with Gasteiger partial charge in [0, 0.05) is 43.1 Å². The van der Waals surface area contributed by atoms with E-state index < -0.39 is 35.6 Å². The summed E-state index contributed by atoms with van der Waals surface area (Å²) in [6, 6.07) is 11.0. The first kappa shape index (κ1) is 19.7. The van der Waals surface area contributed by atoms with E-state index in [0.29, 0.717) is 11.1 Å². The Bertz CT molecular complexity index is 1220. The fraction of sp³-hybridized carbons (Fsp3) is 0.182. The van der Waals surface area contributed by atoms with Crippen LogP contribution in [-0.2, 0) is 9.59 Å². The third kappa shape index (κ3) is 2.90. The fourth-order valence-corrected chi connectivity index (χ4v) is 5.12. The number of aromatic nitrogens is 2. The lowest BCUT2D eigenvalue weighted by molar-refractivity contribution is -0.149. The Kier molecular flexibility index (Phi) is 4.70. The Labute approximate surface area is 187 Å². The van der Waals surface area contributed by atoms with E-state index in [9.17, 15) is 19.8 Å². The van der Waals surface area contributed by atoms with Crippen molar-refractivity contribution in [3.8, 4) is 0 Å². The van der Waals surface area contributed by atoms with Gasteiger partial charge in [-0.1, -0.05) is 31.9 Å². The number of rotatable bonds is 2. The molecule has 4 unspecified atom stereocenters. The predicted octanol–water partition coefficient (Wildman–Crippen LogP) is 3.92.